The van der Waals surface area contributed by atoms with Crippen LogP contribution in [0.2, 0.25) is 0 Å². The lowest BCUT2D eigenvalue weighted by molar-refractivity contribution is -0.0642. The molecule has 0 bridgehead atoms. The van der Waals surface area contributed by atoms with E-state index in [-0.39, 0.29) is 6.04 Å². The smallest absolute Gasteiger partial charge is 0.131 e. The highest BCUT2D eigenvalue weighted by molar-refractivity contribution is 5.85. The van der Waals surface area contributed by atoms with Gasteiger partial charge in [0.15, 0.2) is 0 Å². The number of aromatic nitrogens is 1. The molecule has 4 heteroatoms. The second-order valence-corrected chi connectivity index (χ2v) is 8.29. The molecule has 3 aromatic rings. The summed E-state index contributed by atoms with van der Waals surface area (Å²) in [6.45, 7) is 8.85. The van der Waals surface area contributed by atoms with Gasteiger partial charge in [0.2, 0.25) is 0 Å². The number of aliphatic hydroxyl groups is 1. The molecular formula is C24H28N2O2. The standard InChI is InChI=1S/C24H28N2O2/c1-15-14-26-20-12-19-21(13-18(20)16(15)2)28-24(3,4)23(27)22(19)25-11-10-17-8-6-5-7-9-17/h5-9,12-14,22-23,25,27H,10-11H2,1-4H3/t22-,23+/m1/s1. The molecule has 2 atom stereocenters. The lowest BCUT2D eigenvalue weighted by Gasteiger charge is -2.42. The summed E-state index contributed by atoms with van der Waals surface area (Å²) in [5.74, 6) is 0.829. The quantitative estimate of drug-likeness (QED) is 0.714. The minimum atomic E-state index is -0.670. The molecule has 0 fully saturated rings. The molecule has 2 N–H and O–H groups in total. The Labute approximate surface area is 166 Å². The SMILES string of the molecule is Cc1cnc2cc3c(cc2c1C)OC(C)(C)[C@@H](O)[C@@H]3NCCc1ccccc1. The highest BCUT2D eigenvalue weighted by atomic mass is 16.5. The molecule has 0 unspecified atom stereocenters. The molecule has 2 aromatic carbocycles. The fourth-order valence-electron chi connectivity index (χ4n) is 3.95. The maximum Gasteiger partial charge on any atom is 0.131 e. The molecule has 1 aliphatic heterocycles. The van der Waals surface area contributed by atoms with Crippen LogP contribution in [0.3, 0.4) is 0 Å². The molecule has 28 heavy (non-hydrogen) atoms. The number of rotatable bonds is 4. The van der Waals surface area contributed by atoms with Crippen molar-refractivity contribution >= 4 is 10.9 Å². The van der Waals surface area contributed by atoms with E-state index in [0.717, 1.165) is 35.2 Å². The number of nitrogens with zero attached hydrogens (tertiary/aromatic N) is 1. The Bertz CT molecular complexity index is 998. The number of aryl methyl sites for hydroxylation is 2. The van der Waals surface area contributed by atoms with Gasteiger partial charge in [-0.15, -0.1) is 0 Å². The van der Waals surface area contributed by atoms with E-state index in [0.29, 0.717) is 0 Å². The maximum atomic E-state index is 11.0. The molecule has 0 saturated heterocycles. The van der Waals surface area contributed by atoms with Gasteiger partial charge < -0.3 is 15.2 Å². The number of nitrogens with one attached hydrogen (secondary N) is 1. The monoisotopic (exact) mass is 376 g/mol. The molecule has 0 spiro atoms. The van der Waals surface area contributed by atoms with Gasteiger partial charge >= 0.3 is 0 Å². The number of hydrogen-bond donors (Lipinski definition) is 2. The van der Waals surface area contributed by atoms with Gasteiger partial charge in [-0.25, -0.2) is 0 Å². The Morgan fingerprint density at radius 2 is 1.89 bits per heavy atom. The topological polar surface area (TPSA) is 54.4 Å². The minimum Gasteiger partial charge on any atom is -0.485 e. The van der Waals surface area contributed by atoms with Gasteiger partial charge in [-0.3, -0.25) is 4.98 Å². The Morgan fingerprint density at radius 3 is 2.64 bits per heavy atom. The van der Waals surface area contributed by atoms with Crippen molar-refractivity contribution in [1.29, 1.82) is 0 Å². The molecule has 0 aliphatic carbocycles. The zero-order chi connectivity index (χ0) is 19.9. The van der Waals surface area contributed by atoms with E-state index in [4.69, 9.17) is 4.74 Å². The van der Waals surface area contributed by atoms with Crippen LogP contribution in [-0.2, 0) is 6.42 Å². The second-order valence-electron chi connectivity index (χ2n) is 8.29. The van der Waals surface area contributed by atoms with E-state index in [1.54, 1.807) is 0 Å². The largest absolute Gasteiger partial charge is 0.485 e. The zero-order valence-electron chi connectivity index (χ0n) is 17.0. The highest BCUT2D eigenvalue weighted by Crippen LogP contribution is 2.42. The third-order valence-electron chi connectivity index (χ3n) is 5.88. The van der Waals surface area contributed by atoms with Crippen molar-refractivity contribution in [3.05, 3.63) is 70.9 Å². The van der Waals surface area contributed by atoms with Crippen molar-refractivity contribution in [3.8, 4) is 5.75 Å². The second kappa shape index (κ2) is 7.19. The summed E-state index contributed by atoms with van der Waals surface area (Å²) in [7, 11) is 0. The number of pyridine rings is 1. The molecule has 1 aromatic heterocycles. The fourth-order valence-corrected chi connectivity index (χ4v) is 3.95. The third kappa shape index (κ3) is 3.38. The van der Waals surface area contributed by atoms with Crippen molar-refractivity contribution in [1.82, 2.24) is 10.3 Å². The summed E-state index contributed by atoms with van der Waals surface area (Å²) in [4.78, 5) is 4.61. The molecule has 4 nitrogen and oxygen atoms in total. The van der Waals surface area contributed by atoms with Gasteiger partial charge in [-0.05, 0) is 69.5 Å². The summed E-state index contributed by atoms with van der Waals surface area (Å²) in [6, 6.07) is 14.3. The number of aliphatic hydroxyl groups excluding tert-OH is 1. The van der Waals surface area contributed by atoms with E-state index >= 15 is 0 Å². The van der Waals surface area contributed by atoms with E-state index in [1.807, 2.05) is 26.1 Å². The third-order valence-corrected chi connectivity index (χ3v) is 5.88. The van der Waals surface area contributed by atoms with Crippen LogP contribution >= 0.6 is 0 Å². The van der Waals surface area contributed by atoms with E-state index in [2.05, 4.69) is 60.5 Å². The van der Waals surface area contributed by atoms with E-state index < -0.39 is 11.7 Å². The lowest BCUT2D eigenvalue weighted by Crippen LogP contribution is -2.52. The number of fused-ring (bicyclic) bond motifs is 2. The fraction of sp³-hybridized carbons (Fsp3) is 0.375. The zero-order valence-corrected chi connectivity index (χ0v) is 17.0. The number of hydrogen-bond acceptors (Lipinski definition) is 4. The predicted molar refractivity (Wildman–Crippen MR) is 113 cm³/mol. The first-order chi connectivity index (χ1) is 13.4. The molecule has 0 radical (unpaired) electrons. The Morgan fingerprint density at radius 1 is 1.14 bits per heavy atom. The normalized spacial score (nSPS) is 20.6. The summed E-state index contributed by atoms with van der Waals surface area (Å²) in [6.07, 6.45) is 2.16. The van der Waals surface area contributed by atoms with Crippen LogP contribution in [-0.4, -0.2) is 28.3 Å². The summed E-state index contributed by atoms with van der Waals surface area (Å²) in [5, 5.41) is 15.7. The van der Waals surface area contributed by atoms with E-state index in [1.165, 1.54) is 16.7 Å². The van der Waals surface area contributed by atoms with Gasteiger partial charge in [-0.1, -0.05) is 30.3 Å². The van der Waals surface area contributed by atoms with Crippen LogP contribution in [0.1, 0.15) is 42.1 Å². The van der Waals surface area contributed by atoms with E-state index in [9.17, 15) is 5.11 Å². The summed E-state index contributed by atoms with van der Waals surface area (Å²) >= 11 is 0. The minimum absolute atomic E-state index is 0.199. The van der Waals surface area contributed by atoms with Gasteiger partial charge in [0.1, 0.15) is 17.5 Å². The van der Waals surface area contributed by atoms with Crippen LogP contribution in [0.5, 0.6) is 5.75 Å². The lowest BCUT2D eigenvalue weighted by atomic mass is 9.85. The molecule has 0 saturated carbocycles. The molecule has 2 heterocycles. The Balaban J connectivity index is 1.68. The van der Waals surface area contributed by atoms with Crippen molar-refractivity contribution in [3.63, 3.8) is 0 Å². The molecule has 146 valence electrons. The van der Waals surface area contributed by atoms with Crippen LogP contribution in [0.15, 0.2) is 48.7 Å². The van der Waals surface area contributed by atoms with Crippen molar-refractivity contribution in [2.45, 2.75) is 51.9 Å². The van der Waals surface area contributed by atoms with Crippen molar-refractivity contribution < 1.29 is 9.84 Å². The van der Waals surface area contributed by atoms with Crippen LogP contribution < -0.4 is 10.1 Å². The molecule has 0 amide bonds. The average Bonchev–Trinajstić information content (AvgIpc) is 2.68. The van der Waals surface area contributed by atoms with Gasteiger partial charge in [0.05, 0.1) is 11.6 Å². The van der Waals surface area contributed by atoms with Crippen LogP contribution in [0.4, 0.5) is 0 Å². The van der Waals surface area contributed by atoms with Crippen LogP contribution in [0.25, 0.3) is 10.9 Å². The first-order valence-electron chi connectivity index (χ1n) is 9.91. The first-order valence-corrected chi connectivity index (χ1v) is 9.91. The molecule has 4 rings (SSSR count). The van der Waals surface area contributed by atoms with Crippen molar-refractivity contribution in [2.24, 2.45) is 0 Å². The predicted octanol–water partition coefficient (Wildman–Crippen LogP) is 4.26. The Kier molecular flexibility index (Phi) is 4.86. The van der Waals surface area contributed by atoms with Crippen molar-refractivity contribution in [2.75, 3.05) is 6.54 Å². The molecule has 1 aliphatic rings. The number of ether oxygens (including phenoxy) is 1. The number of benzene rings is 2. The highest BCUT2D eigenvalue weighted by Gasteiger charge is 2.42. The van der Waals surface area contributed by atoms with Gasteiger partial charge in [-0.2, -0.15) is 0 Å². The molecular weight excluding hydrogens is 348 g/mol. The van der Waals surface area contributed by atoms with Crippen LogP contribution in [0, 0.1) is 13.8 Å². The van der Waals surface area contributed by atoms with Gasteiger partial charge in [0, 0.05) is 17.1 Å². The summed E-state index contributed by atoms with van der Waals surface area (Å²) in [5.41, 5.74) is 4.91. The first kappa shape index (κ1) is 18.9. The summed E-state index contributed by atoms with van der Waals surface area (Å²) < 4.78 is 6.21. The average molecular weight is 377 g/mol. The van der Waals surface area contributed by atoms with Gasteiger partial charge in [0.25, 0.3) is 0 Å². The Hall–Kier alpha value is -2.43. The maximum absolute atomic E-state index is 11.0.